The summed E-state index contributed by atoms with van der Waals surface area (Å²) in [6.45, 7) is 7.01. The number of amides is 1. The quantitative estimate of drug-likeness (QED) is 0.864. The van der Waals surface area contributed by atoms with Crippen LogP contribution in [0.15, 0.2) is 18.2 Å². The highest BCUT2D eigenvalue weighted by Crippen LogP contribution is 2.28. The van der Waals surface area contributed by atoms with Crippen LogP contribution in [0.25, 0.3) is 0 Å². The molecule has 2 rings (SSSR count). The molecule has 1 saturated heterocycles. The Morgan fingerprint density at radius 1 is 1.48 bits per heavy atom. The van der Waals surface area contributed by atoms with Gasteiger partial charge >= 0.3 is 6.09 Å². The van der Waals surface area contributed by atoms with Crippen molar-refractivity contribution < 1.29 is 13.9 Å². The molecule has 4 nitrogen and oxygen atoms in total. The van der Waals surface area contributed by atoms with Gasteiger partial charge in [0.05, 0.1) is 6.04 Å². The third kappa shape index (κ3) is 4.08. The van der Waals surface area contributed by atoms with E-state index in [1.54, 1.807) is 11.0 Å². The Bertz CT molecular complexity index is 531. The first-order chi connectivity index (χ1) is 9.78. The van der Waals surface area contributed by atoms with E-state index in [1.807, 2.05) is 20.8 Å². The zero-order valence-corrected chi connectivity index (χ0v) is 13.2. The zero-order valence-electron chi connectivity index (χ0n) is 12.5. The number of hydrogen-bond acceptors (Lipinski definition) is 3. The van der Waals surface area contributed by atoms with Gasteiger partial charge in [-0.15, -0.1) is 0 Å². The minimum Gasteiger partial charge on any atom is -0.444 e. The van der Waals surface area contributed by atoms with Gasteiger partial charge in [-0.3, -0.25) is 4.90 Å². The number of benzene rings is 1. The number of carbonyl (C=O) groups excluding carboxylic acids is 1. The van der Waals surface area contributed by atoms with Gasteiger partial charge < -0.3 is 10.1 Å². The molecule has 1 N–H and O–H groups in total. The van der Waals surface area contributed by atoms with Crippen molar-refractivity contribution in [3.05, 3.63) is 34.6 Å². The molecule has 1 atom stereocenters. The van der Waals surface area contributed by atoms with Crippen LogP contribution in [0.1, 0.15) is 32.4 Å². The molecule has 0 aliphatic carbocycles. The highest BCUT2D eigenvalue weighted by atomic mass is 35.5. The van der Waals surface area contributed by atoms with E-state index in [9.17, 15) is 9.18 Å². The Morgan fingerprint density at radius 3 is 2.86 bits per heavy atom. The number of hydrogen-bond donors (Lipinski definition) is 1. The lowest BCUT2D eigenvalue weighted by Crippen LogP contribution is -2.50. The van der Waals surface area contributed by atoms with Crippen LogP contribution in [0.3, 0.4) is 0 Å². The summed E-state index contributed by atoms with van der Waals surface area (Å²) in [7, 11) is 0. The molecule has 0 spiro atoms. The van der Waals surface area contributed by atoms with Gasteiger partial charge in [-0.25, -0.2) is 9.18 Å². The summed E-state index contributed by atoms with van der Waals surface area (Å²) in [5.74, 6) is -0.373. The monoisotopic (exact) mass is 314 g/mol. The van der Waals surface area contributed by atoms with E-state index in [0.29, 0.717) is 30.2 Å². The first-order valence-electron chi connectivity index (χ1n) is 6.93. The molecule has 0 radical (unpaired) electrons. The SMILES string of the molecule is CC(C)(C)OC(=O)N1CCNCC1c1cc(Cl)ccc1F. The molecule has 1 aliphatic rings. The van der Waals surface area contributed by atoms with Crippen molar-refractivity contribution in [3.8, 4) is 0 Å². The fourth-order valence-corrected chi connectivity index (χ4v) is 2.47. The van der Waals surface area contributed by atoms with E-state index in [-0.39, 0.29) is 5.82 Å². The van der Waals surface area contributed by atoms with Crippen LogP contribution in [0.5, 0.6) is 0 Å². The maximum absolute atomic E-state index is 14.1. The molecule has 1 aromatic carbocycles. The molecule has 0 bridgehead atoms. The molecule has 1 unspecified atom stereocenters. The summed E-state index contributed by atoms with van der Waals surface area (Å²) >= 11 is 5.95. The highest BCUT2D eigenvalue weighted by molar-refractivity contribution is 6.30. The summed E-state index contributed by atoms with van der Waals surface area (Å²) in [6, 6.07) is 3.95. The molecule has 1 aliphatic heterocycles. The van der Waals surface area contributed by atoms with E-state index in [0.717, 1.165) is 0 Å². The van der Waals surface area contributed by atoms with Crippen molar-refractivity contribution in [3.63, 3.8) is 0 Å². The van der Waals surface area contributed by atoms with Crippen molar-refractivity contribution in [2.24, 2.45) is 0 Å². The van der Waals surface area contributed by atoms with E-state index < -0.39 is 17.7 Å². The summed E-state index contributed by atoms with van der Waals surface area (Å²) in [5.41, 5.74) is -0.181. The molecule has 116 valence electrons. The molecule has 1 amide bonds. The van der Waals surface area contributed by atoms with Crippen molar-refractivity contribution in [2.75, 3.05) is 19.6 Å². The van der Waals surface area contributed by atoms with Gasteiger partial charge in [-0.1, -0.05) is 11.6 Å². The molecule has 1 fully saturated rings. The van der Waals surface area contributed by atoms with Gasteiger partial charge in [-0.05, 0) is 39.0 Å². The molecule has 0 aromatic heterocycles. The van der Waals surface area contributed by atoms with Crippen molar-refractivity contribution in [1.29, 1.82) is 0 Å². The van der Waals surface area contributed by atoms with Gasteiger partial charge in [0.1, 0.15) is 11.4 Å². The smallest absolute Gasteiger partial charge is 0.410 e. The van der Waals surface area contributed by atoms with Gasteiger partial charge in [0.15, 0.2) is 0 Å². The summed E-state index contributed by atoms with van der Waals surface area (Å²) in [4.78, 5) is 13.9. The molecule has 6 heteroatoms. The van der Waals surface area contributed by atoms with Crippen LogP contribution < -0.4 is 5.32 Å². The maximum atomic E-state index is 14.1. The third-order valence-corrected chi connectivity index (χ3v) is 3.42. The van der Waals surface area contributed by atoms with Gasteiger partial charge in [0.25, 0.3) is 0 Å². The summed E-state index contributed by atoms with van der Waals surface area (Å²) in [6.07, 6.45) is -0.437. The number of carbonyl (C=O) groups is 1. The molecule has 21 heavy (non-hydrogen) atoms. The maximum Gasteiger partial charge on any atom is 0.410 e. The average molecular weight is 315 g/mol. The number of piperazine rings is 1. The number of rotatable bonds is 1. The Balaban J connectivity index is 2.27. The van der Waals surface area contributed by atoms with Crippen LogP contribution >= 0.6 is 11.6 Å². The van der Waals surface area contributed by atoms with E-state index in [1.165, 1.54) is 12.1 Å². The first-order valence-corrected chi connectivity index (χ1v) is 7.31. The van der Waals surface area contributed by atoms with Crippen LogP contribution in [-0.4, -0.2) is 36.2 Å². The Labute approximate surface area is 129 Å². The number of nitrogens with zero attached hydrogens (tertiary/aromatic N) is 1. The summed E-state index contributed by atoms with van der Waals surface area (Å²) in [5, 5.41) is 3.61. The van der Waals surface area contributed by atoms with E-state index in [4.69, 9.17) is 16.3 Å². The Kier molecular flexibility index (Phi) is 4.74. The largest absolute Gasteiger partial charge is 0.444 e. The van der Waals surface area contributed by atoms with Gasteiger partial charge in [0, 0.05) is 30.2 Å². The molecular weight excluding hydrogens is 295 g/mol. The second-order valence-corrected chi connectivity index (χ2v) is 6.50. The lowest BCUT2D eigenvalue weighted by molar-refractivity contribution is 0.0114. The van der Waals surface area contributed by atoms with Crippen molar-refractivity contribution in [1.82, 2.24) is 10.2 Å². The number of ether oxygens (including phenoxy) is 1. The number of halogens is 2. The molecule has 1 heterocycles. The second kappa shape index (κ2) is 6.20. The zero-order chi connectivity index (χ0) is 15.6. The Morgan fingerprint density at radius 2 is 2.19 bits per heavy atom. The fourth-order valence-electron chi connectivity index (χ4n) is 2.29. The minimum absolute atomic E-state index is 0.373. The summed E-state index contributed by atoms with van der Waals surface area (Å²) < 4.78 is 19.5. The van der Waals surface area contributed by atoms with E-state index >= 15 is 0 Å². The number of nitrogens with one attached hydrogen (secondary N) is 1. The van der Waals surface area contributed by atoms with Crippen LogP contribution in [-0.2, 0) is 4.74 Å². The van der Waals surface area contributed by atoms with Crippen LogP contribution in [0.2, 0.25) is 5.02 Å². The lowest BCUT2D eigenvalue weighted by Gasteiger charge is -2.37. The van der Waals surface area contributed by atoms with Crippen LogP contribution in [0, 0.1) is 5.82 Å². The molecule has 0 saturated carbocycles. The lowest BCUT2D eigenvalue weighted by atomic mass is 10.0. The van der Waals surface area contributed by atoms with Crippen molar-refractivity contribution in [2.45, 2.75) is 32.4 Å². The molecular formula is C15H20ClFN2O2. The molecule has 1 aromatic rings. The van der Waals surface area contributed by atoms with Gasteiger partial charge in [-0.2, -0.15) is 0 Å². The topological polar surface area (TPSA) is 41.6 Å². The normalized spacial score (nSPS) is 19.5. The third-order valence-electron chi connectivity index (χ3n) is 3.19. The average Bonchev–Trinajstić information content (AvgIpc) is 2.39. The fraction of sp³-hybridized carbons (Fsp3) is 0.533. The highest BCUT2D eigenvalue weighted by Gasteiger charge is 2.32. The Hall–Kier alpha value is -1.33. The predicted molar refractivity (Wildman–Crippen MR) is 80.0 cm³/mol. The standard InChI is InChI=1S/C15H20ClFN2O2/c1-15(2,3)21-14(20)19-7-6-18-9-13(19)11-8-10(16)4-5-12(11)17/h4-5,8,13,18H,6-7,9H2,1-3H3. The first kappa shape index (κ1) is 16.0. The van der Waals surface area contributed by atoms with Gasteiger partial charge in [0.2, 0.25) is 0 Å². The van der Waals surface area contributed by atoms with E-state index in [2.05, 4.69) is 5.32 Å². The van der Waals surface area contributed by atoms with Crippen LogP contribution in [0.4, 0.5) is 9.18 Å². The predicted octanol–water partition coefficient (Wildman–Crippen LogP) is 3.36. The second-order valence-electron chi connectivity index (χ2n) is 6.06. The minimum atomic E-state index is -0.584. The van der Waals surface area contributed by atoms with Crippen molar-refractivity contribution >= 4 is 17.7 Å².